The predicted molar refractivity (Wildman–Crippen MR) is 95.5 cm³/mol. The molecule has 2 saturated heterocycles. The van der Waals surface area contributed by atoms with Crippen LogP contribution in [-0.4, -0.2) is 34.1 Å². The van der Waals surface area contributed by atoms with E-state index in [2.05, 4.69) is 16.8 Å². The summed E-state index contributed by atoms with van der Waals surface area (Å²) in [4.78, 5) is 6.51. The van der Waals surface area contributed by atoms with E-state index in [9.17, 15) is 5.11 Å². The Bertz CT molecular complexity index is 740. The summed E-state index contributed by atoms with van der Waals surface area (Å²) in [5.74, 6) is 2.80. The van der Waals surface area contributed by atoms with E-state index in [1.807, 2.05) is 12.1 Å². The number of benzene rings is 1. The van der Waals surface area contributed by atoms with E-state index in [1.165, 1.54) is 54.5 Å². The van der Waals surface area contributed by atoms with Crippen molar-refractivity contribution in [1.82, 2.24) is 9.88 Å². The van der Waals surface area contributed by atoms with Crippen molar-refractivity contribution < 1.29 is 5.11 Å². The fourth-order valence-corrected chi connectivity index (χ4v) is 5.68. The van der Waals surface area contributed by atoms with Crippen molar-refractivity contribution in [3.63, 3.8) is 0 Å². The molecule has 1 saturated carbocycles. The van der Waals surface area contributed by atoms with Crippen molar-refractivity contribution in [2.45, 2.75) is 44.6 Å². The lowest BCUT2D eigenvalue weighted by molar-refractivity contribution is -0.0134. The number of aromatic amines is 1. The molecule has 0 radical (unpaired) electrons. The van der Waals surface area contributed by atoms with Crippen LogP contribution in [0.25, 0.3) is 10.9 Å². The van der Waals surface area contributed by atoms with Gasteiger partial charge in [0.1, 0.15) is 5.75 Å². The number of piperidine rings is 2. The summed E-state index contributed by atoms with van der Waals surface area (Å²) in [6.45, 7) is 4.86. The van der Waals surface area contributed by atoms with Crippen LogP contribution < -0.4 is 0 Å². The monoisotopic (exact) mass is 332 g/mol. The summed E-state index contributed by atoms with van der Waals surface area (Å²) >= 11 is 0. The van der Waals surface area contributed by atoms with E-state index in [1.54, 1.807) is 6.07 Å². The lowest BCUT2D eigenvalue weighted by atomic mass is 9.65. The molecule has 5 atom stereocenters. The largest absolute Gasteiger partial charge is 0.508 e. The van der Waals surface area contributed by atoms with E-state index in [-0.39, 0.29) is 12.4 Å². The number of phenolic OH excluding ortho intramolecular Hbond substituents is 1. The standard InChI is InChI=1S/C19H24N2O.ClH/c1-2-12-7-11-8-16-18-14(5-6-21(10-11)19(12)16)15-9-13(22)3-4-17(15)20-18;/h3-4,9,11-12,16,19-20,22H,2,5-8,10H2,1H3;1H/t11-,12-,16-,19-;/m0./s1. The molecule has 3 nitrogen and oxygen atoms in total. The molecule has 4 aliphatic rings. The van der Waals surface area contributed by atoms with Gasteiger partial charge in [-0.1, -0.05) is 13.3 Å². The van der Waals surface area contributed by atoms with E-state index >= 15 is 0 Å². The van der Waals surface area contributed by atoms with Crippen LogP contribution >= 0.6 is 12.4 Å². The maximum atomic E-state index is 9.87. The number of H-pyrrole nitrogens is 1. The summed E-state index contributed by atoms with van der Waals surface area (Å²) in [6.07, 6.45) is 5.22. The Morgan fingerprint density at radius 2 is 2.17 bits per heavy atom. The second-order valence-corrected chi connectivity index (χ2v) is 7.59. The Morgan fingerprint density at radius 1 is 1.30 bits per heavy atom. The van der Waals surface area contributed by atoms with E-state index in [0.29, 0.717) is 11.7 Å². The first-order valence-electron chi connectivity index (χ1n) is 8.82. The van der Waals surface area contributed by atoms with Crippen molar-refractivity contribution in [2.75, 3.05) is 13.1 Å². The number of phenols is 1. The fourth-order valence-electron chi connectivity index (χ4n) is 5.68. The first-order chi connectivity index (χ1) is 10.7. The molecule has 0 spiro atoms. The molecule has 2 N–H and O–H groups in total. The molecule has 4 bridgehead atoms. The molecular formula is C19H25ClN2O. The number of fused-ring (bicyclic) bond motifs is 4. The normalized spacial score (nSPS) is 34.7. The summed E-state index contributed by atoms with van der Waals surface area (Å²) in [5.41, 5.74) is 4.16. The number of rotatable bonds is 1. The SMILES string of the molecule is CC[C@H]1C[C@H]2C[C@H]3c4[nH]c5ccc(O)cc5c4CCN(C2)[C@@H]13.Cl. The lowest BCUT2D eigenvalue weighted by Gasteiger charge is -2.53. The number of nitrogens with one attached hydrogen (secondary N) is 1. The van der Waals surface area contributed by atoms with Gasteiger partial charge in [-0.05, 0) is 54.9 Å². The Labute approximate surface area is 143 Å². The molecule has 3 fully saturated rings. The summed E-state index contributed by atoms with van der Waals surface area (Å²) in [7, 11) is 0. The molecule has 4 heterocycles. The Hall–Kier alpha value is -1.19. The molecule has 2 aromatic rings. The van der Waals surface area contributed by atoms with Crippen molar-refractivity contribution in [2.24, 2.45) is 11.8 Å². The zero-order chi connectivity index (χ0) is 14.8. The first-order valence-corrected chi connectivity index (χ1v) is 8.82. The van der Waals surface area contributed by atoms with Gasteiger partial charge in [0.2, 0.25) is 0 Å². The van der Waals surface area contributed by atoms with Crippen molar-refractivity contribution in [3.8, 4) is 5.75 Å². The average molecular weight is 333 g/mol. The van der Waals surface area contributed by atoms with Gasteiger partial charge in [-0.3, -0.25) is 4.90 Å². The van der Waals surface area contributed by atoms with Gasteiger partial charge in [0.15, 0.2) is 0 Å². The summed E-state index contributed by atoms with van der Waals surface area (Å²) < 4.78 is 0. The molecule has 3 aliphatic heterocycles. The van der Waals surface area contributed by atoms with Crippen LogP contribution in [0, 0.1) is 11.8 Å². The fraction of sp³-hybridized carbons (Fsp3) is 0.579. The zero-order valence-electron chi connectivity index (χ0n) is 13.6. The highest BCUT2D eigenvalue weighted by Gasteiger charge is 2.48. The van der Waals surface area contributed by atoms with Crippen LogP contribution in [0.3, 0.4) is 0 Å². The van der Waals surface area contributed by atoms with Gasteiger partial charge < -0.3 is 10.1 Å². The van der Waals surface area contributed by atoms with Crippen molar-refractivity contribution in [3.05, 3.63) is 29.5 Å². The van der Waals surface area contributed by atoms with E-state index < -0.39 is 0 Å². The number of nitrogens with zero attached hydrogens (tertiary/aromatic N) is 1. The third kappa shape index (κ3) is 2.13. The van der Waals surface area contributed by atoms with Crippen LogP contribution in [0.4, 0.5) is 0 Å². The maximum absolute atomic E-state index is 9.87. The quantitative estimate of drug-likeness (QED) is 0.826. The highest BCUT2D eigenvalue weighted by Crippen LogP contribution is 2.51. The topological polar surface area (TPSA) is 39.3 Å². The minimum absolute atomic E-state index is 0. The first kappa shape index (κ1) is 15.3. The third-order valence-electron chi connectivity index (χ3n) is 6.50. The molecule has 1 aromatic heterocycles. The smallest absolute Gasteiger partial charge is 0.116 e. The maximum Gasteiger partial charge on any atom is 0.116 e. The average Bonchev–Trinajstić information content (AvgIpc) is 2.85. The van der Waals surface area contributed by atoms with Gasteiger partial charge in [0.25, 0.3) is 0 Å². The molecule has 4 heteroatoms. The molecule has 1 aromatic carbocycles. The molecule has 124 valence electrons. The van der Waals surface area contributed by atoms with E-state index in [0.717, 1.165) is 24.3 Å². The van der Waals surface area contributed by atoms with Gasteiger partial charge in [-0.15, -0.1) is 12.4 Å². The molecule has 6 rings (SSSR count). The number of hydrogen-bond donors (Lipinski definition) is 2. The number of aromatic hydroxyl groups is 1. The van der Waals surface area contributed by atoms with Crippen molar-refractivity contribution >= 4 is 23.3 Å². The van der Waals surface area contributed by atoms with Crippen LogP contribution in [-0.2, 0) is 6.42 Å². The van der Waals surface area contributed by atoms with Gasteiger partial charge in [-0.25, -0.2) is 0 Å². The highest BCUT2D eigenvalue weighted by atomic mass is 35.5. The summed E-state index contributed by atoms with van der Waals surface area (Å²) in [5, 5.41) is 11.1. The van der Waals surface area contributed by atoms with Gasteiger partial charge in [0.05, 0.1) is 0 Å². The second kappa shape index (κ2) is 5.42. The van der Waals surface area contributed by atoms with Gasteiger partial charge in [0, 0.05) is 41.6 Å². The van der Waals surface area contributed by atoms with Crippen LogP contribution in [0.15, 0.2) is 18.2 Å². The molecule has 0 amide bonds. The number of aromatic nitrogens is 1. The highest BCUT2D eigenvalue weighted by molar-refractivity contribution is 5.86. The predicted octanol–water partition coefficient (Wildman–Crippen LogP) is 4.06. The lowest BCUT2D eigenvalue weighted by Crippen LogP contribution is -2.56. The Balaban J connectivity index is 0.00000135. The van der Waals surface area contributed by atoms with Crippen LogP contribution in [0.1, 0.15) is 43.4 Å². The Kier molecular flexibility index (Phi) is 3.62. The van der Waals surface area contributed by atoms with Crippen LogP contribution in [0.5, 0.6) is 5.75 Å². The van der Waals surface area contributed by atoms with E-state index in [4.69, 9.17) is 0 Å². The molecular weight excluding hydrogens is 308 g/mol. The number of hydrogen-bond acceptors (Lipinski definition) is 2. The molecule has 1 unspecified atom stereocenters. The molecule has 23 heavy (non-hydrogen) atoms. The van der Waals surface area contributed by atoms with Crippen LogP contribution in [0.2, 0.25) is 0 Å². The minimum atomic E-state index is 0. The minimum Gasteiger partial charge on any atom is -0.508 e. The Morgan fingerprint density at radius 3 is 3.00 bits per heavy atom. The summed E-state index contributed by atoms with van der Waals surface area (Å²) in [6, 6.07) is 6.52. The zero-order valence-corrected chi connectivity index (χ0v) is 14.4. The van der Waals surface area contributed by atoms with Gasteiger partial charge in [-0.2, -0.15) is 0 Å². The van der Waals surface area contributed by atoms with Crippen molar-refractivity contribution in [1.29, 1.82) is 0 Å². The van der Waals surface area contributed by atoms with Gasteiger partial charge >= 0.3 is 0 Å². The molecule has 1 aliphatic carbocycles. The number of halogens is 1. The third-order valence-corrected chi connectivity index (χ3v) is 6.50. The second-order valence-electron chi connectivity index (χ2n) is 7.59.